The molecule has 3 heteroatoms. The maximum Gasteiger partial charge on any atom is 0.248 e. The Bertz CT molecular complexity index is 202. The van der Waals surface area contributed by atoms with E-state index in [1.807, 2.05) is 0 Å². The molecule has 2 aliphatic carbocycles. The highest BCUT2D eigenvalue weighted by molar-refractivity contribution is 4.80. The molecule has 0 aromatic heterocycles. The summed E-state index contributed by atoms with van der Waals surface area (Å²) in [5.41, 5.74) is 0. The van der Waals surface area contributed by atoms with Crippen molar-refractivity contribution in [3.05, 3.63) is 0 Å². The average Bonchev–Trinajstić information content (AvgIpc) is 2.29. The van der Waals surface area contributed by atoms with E-state index >= 15 is 0 Å². The molecular formula is C13H23F2N. The van der Waals surface area contributed by atoms with Crippen LogP contribution in [0, 0.1) is 5.92 Å². The minimum Gasteiger partial charge on any atom is -0.314 e. The van der Waals surface area contributed by atoms with E-state index < -0.39 is 5.92 Å². The Morgan fingerprint density at radius 3 is 2.19 bits per heavy atom. The second-order valence-corrected chi connectivity index (χ2v) is 5.54. The Balaban J connectivity index is 1.63. The zero-order valence-electron chi connectivity index (χ0n) is 9.98. The fourth-order valence-electron chi connectivity index (χ4n) is 2.94. The summed E-state index contributed by atoms with van der Waals surface area (Å²) in [6.07, 6.45) is 8.20. The molecule has 0 radical (unpaired) electrons. The molecule has 94 valence electrons. The van der Waals surface area contributed by atoms with Gasteiger partial charge in [0.25, 0.3) is 0 Å². The second kappa shape index (κ2) is 5.44. The molecule has 1 N–H and O–H groups in total. The van der Waals surface area contributed by atoms with Crippen molar-refractivity contribution in [1.82, 2.24) is 5.32 Å². The predicted octanol–water partition coefficient (Wildman–Crippen LogP) is 3.73. The summed E-state index contributed by atoms with van der Waals surface area (Å²) in [4.78, 5) is 0. The molecule has 2 aliphatic rings. The zero-order chi connectivity index (χ0) is 11.4. The Hall–Kier alpha value is -0.180. The smallest absolute Gasteiger partial charge is 0.248 e. The number of halogens is 2. The van der Waals surface area contributed by atoms with E-state index in [9.17, 15) is 8.78 Å². The highest BCUT2D eigenvalue weighted by atomic mass is 19.3. The monoisotopic (exact) mass is 231 g/mol. The van der Waals surface area contributed by atoms with E-state index in [-0.39, 0.29) is 12.8 Å². The van der Waals surface area contributed by atoms with E-state index in [4.69, 9.17) is 0 Å². The lowest BCUT2D eigenvalue weighted by Gasteiger charge is -2.30. The van der Waals surface area contributed by atoms with Gasteiger partial charge in [0.15, 0.2) is 0 Å². The van der Waals surface area contributed by atoms with E-state index in [1.165, 1.54) is 32.1 Å². The van der Waals surface area contributed by atoms with Crippen LogP contribution in [-0.4, -0.2) is 18.5 Å². The first-order chi connectivity index (χ1) is 7.66. The van der Waals surface area contributed by atoms with Gasteiger partial charge in [-0.25, -0.2) is 8.78 Å². The lowest BCUT2D eigenvalue weighted by Crippen LogP contribution is -2.37. The highest BCUT2D eigenvalue weighted by Gasteiger charge is 2.34. The largest absolute Gasteiger partial charge is 0.314 e. The third kappa shape index (κ3) is 3.69. The number of hydrogen-bond acceptors (Lipinski definition) is 1. The van der Waals surface area contributed by atoms with E-state index in [2.05, 4.69) is 5.32 Å². The molecule has 1 nitrogen and oxygen atoms in total. The van der Waals surface area contributed by atoms with Crippen LogP contribution in [0.5, 0.6) is 0 Å². The molecule has 2 fully saturated rings. The minimum atomic E-state index is -2.37. The van der Waals surface area contributed by atoms with Gasteiger partial charge in [0.1, 0.15) is 0 Å². The SMILES string of the molecule is FC1(F)CCC(CNC2CCCCC2)CC1. The molecule has 0 unspecified atom stereocenters. The summed E-state index contributed by atoms with van der Waals surface area (Å²) in [5, 5.41) is 3.57. The third-order valence-corrected chi connectivity index (χ3v) is 4.14. The summed E-state index contributed by atoms with van der Waals surface area (Å²) in [7, 11) is 0. The van der Waals surface area contributed by atoms with Crippen LogP contribution >= 0.6 is 0 Å². The Morgan fingerprint density at radius 1 is 0.938 bits per heavy atom. The third-order valence-electron chi connectivity index (χ3n) is 4.14. The Morgan fingerprint density at radius 2 is 1.56 bits per heavy atom. The lowest BCUT2D eigenvalue weighted by atomic mass is 9.86. The van der Waals surface area contributed by atoms with E-state index in [1.54, 1.807) is 0 Å². The van der Waals surface area contributed by atoms with Crippen molar-refractivity contribution < 1.29 is 8.78 Å². The highest BCUT2D eigenvalue weighted by Crippen LogP contribution is 2.35. The van der Waals surface area contributed by atoms with Gasteiger partial charge in [-0.15, -0.1) is 0 Å². The van der Waals surface area contributed by atoms with Crippen molar-refractivity contribution in [1.29, 1.82) is 0 Å². The second-order valence-electron chi connectivity index (χ2n) is 5.54. The molecule has 0 bridgehead atoms. The van der Waals surface area contributed by atoms with Gasteiger partial charge < -0.3 is 5.32 Å². The molecule has 0 spiro atoms. The van der Waals surface area contributed by atoms with Crippen molar-refractivity contribution in [3.63, 3.8) is 0 Å². The fraction of sp³-hybridized carbons (Fsp3) is 1.00. The molecule has 0 amide bonds. The van der Waals surface area contributed by atoms with Crippen LogP contribution in [0.25, 0.3) is 0 Å². The molecule has 0 aromatic rings. The van der Waals surface area contributed by atoms with Crippen molar-refractivity contribution >= 4 is 0 Å². The van der Waals surface area contributed by atoms with Gasteiger partial charge in [-0.3, -0.25) is 0 Å². The summed E-state index contributed by atoms with van der Waals surface area (Å²) >= 11 is 0. The number of hydrogen-bond donors (Lipinski definition) is 1. The van der Waals surface area contributed by atoms with Crippen LogP contribution in [0.4, 0.5) is 8.78 Å². The van der Waals surface area contributed by atoms with Crippen LogP contribution in [0.2, 0.25) is 0 Å². The van der Waals surface area contributed by atoms with Crippen molar-refractivity contribution in [2.24, 2.45) is 5.92 Å². The fourth-order valence-corrected chi connectivity index (χ4v) is 2.94. The molecule has 0 saturated heterocycles. The van der Waals surface area contributed by atoms with Gasteiger partial charge in [-0.05, 0) is 38.1 Å². The van der Waals surface area contributed by atoms with Crippen molar-refractivity contribution in [2.75, 3.05) is 6.54 Å². The molecule has 0 atom stereocenters. The normalized spacial score (nSPS) is 28.1. The summed E-state index contributed by atoms with van der Waals surface area (Å²) < 4.78 is 25.9. The quantitative estimate of drug-likeness (QED) is 0.780. The maximum atomic E-state index is 13.0. The molecule has 0 aromatic carbocycles. The predicted molar refractivity (Wildman–Crippen MR) is 61.8 cm³/mol. The van der Waals surface area contributed by atoms with Crippen LogP contribution < -0.4 is 5.32 Å². The van der Waals surface area contributed by atoms with Gasteiger partial charge in [0, 0.05) is 18.9 Å². The molecular weight excluding hydrogens is 208 g/mol. The summed E-state index contributed by atoms with van der Waals surface area (Å²) in [6.45, 7) is 0.959. The van der Waals surface area contributed by atoms with Crippen LogP contribution in [0.1, 0.15) is 57.8 Å². The Labute approximate surface area is 97.0 Å². The lowest BCUT2D eigenvalue weighted by molar-refractivity contribution is -0.0457. The molecule has 2 rings (SSSR count). The van der Waals surface area contributed by atoms with Gasteiger partial charge in [-0.1, -0.05) is 19.3 Å². The van der Waals surface area contributed by atoms with Gasteiger partial charge in [0.05, 0.1) is 0 Å². The minimum absolute atomic E-state index is 0.101. The molecule has 16 heavy (non-hydrogen) atoms. The Kier molecular flexibility index (Phi) is 4.17. The summed E-state index contributed by atoms with van der Waals surface area (Å²) in [5.74, 6) is -1.89. The number of alkyl halides is 2. The maximum absolute atomic E-state index is 13.0. The first-order valence-electron chi connectivity index (χ1n) is 6.77. The van der Waals surface area contributed by atoms with Crippen LogP contribution in [0.15, 0.2) is 0 Å². The zero-order valence-corrected chi connectivity index (χ0v) is 9.98. The van der Waals surface area contributed by atoms with E-state index in [0.717, 1.165) is 6.54 Å². The van der Waals surface area contributed by atoms with Crippen molar-refractivity contribution in [3.8, 4) is 0 Å². The van der Waals surface area contributed by atoms with Crippen molar-refractivity contribution in [2.45, 2.75) is 69.8 Å². The van der Waals surface area contributed by atoms with Gasteiger partial charge >= 0.3 is 0 Å². The van der Waals surface area contributed by atoms with E-state index in [0.29, 0.717) is 24.8 Å². The first-order valence-corrected chi connectivity index (χ1v) is 6.77. The van der Waals surface area contributed by atoms with Gasteiger partial charge in [-0.2, -0.15) is 0 Å². The molecule has 2 saturated carbocycles. The summed E-state index contributed by atoms with van der Waals surface area (Å²) in [6, 6.07) is 0.663. The topological polar surface area (TPSA) is 12.0 Å². The molecule has 0 aliphatic heterocycles. The average molecular weight is 231 g/mol. The van der Waals surface area contributed by atoms with Crippen LogP contribution in [0.3, 0.4) is 0 Å². The van der Waals surface area contributed by atoms with Gasteiger partial charge in [0.2, 0.25) is 5.92 Å². The number of nitrogens with one attached hydrogen (secondary N) is 1. The number of rotatable bonds is 3. The van der Waals surface area contributed by atoms with Crippen LogP contribution in [-0.2, 0) is 0 Å². The standard InChI is InChI=1S/C13H23F2N/c14-13(15)8-6-11(7-9-13)10-16-12-4-2-1-3-5-12/h11-12,16H,1-10H2. The molecule has 0 heterocycles. The first kappa shape index (κ1) is 12.3.